The molecule has 2 amide bonds. The Morgan fingerprint density at radius 2 is 1.80 bits per heavy atom. The molecule has 0 spiro atoms. The van der Waals surface area contributed by atoms with Crippen LogP contribution in [0.25, 0.3) is 5.70 Å². The van der Waals surface area contributed by atoms with Gasteiger partial charge in [0, 0.05) is 27.8 Å². The number of fused-ring (bicyclic) bond motifs is 1. The molecule has 2 aromatic rings. The second kappa shape index (κ2) is 8.52. The molecule has 1 saturated carbocycles. The maximum Gasteiger partial charge on any atom is 0.264 e. The number of nitriles is 1. The molecule has 1 aliphatic heterocycles. The summed E-state index contributed by atoms with van der Waals surface area (Å²) in [4.78, 5) is 29.9. The van der Waals surface area contributed by atoms with Crippen molar-refractivity contribution in [2.24, 2.45) is 4.99 Å². The second-order valence-corrected chi connectivity index (χ2v) is 7.70. The van der Waals surface area contributed by atoms with Crippen LogP contribution in [-0.4, -0.2) is 23.7 Å². The topological polar surface area (TPSA) is 94.3 Å². The predicted octanol–water partition coefficient (Wildman–Crippen LogP) is 3.82. The summed E-state index contributed by atoms with van der Waals surface area (Å²) in [5, 5.41) is 15.9. The summed E-state index contributed by atoms with van der Waals surface area (Å²) in [5.41, 5.74) is 1.90. The lowest BCUT2D eigenvalue weighted by atomic mass is 10.0. The van der Waals surface area contributed by atoms with Gasteiger partial charge in [0.05, 0.1) is 5.70 Å². The lowest BCUT2D eigenvalue weighted by Crippen LogP contribution is -2.33. The van der Waals surface area contributed by atoms with Crippen LogP contribution in [0.15, 0.2) is 59.1 Å². The Labute approximate surface area is 179 Å². The molecule has 0 unspecified atom stereocenters. The summed E-state index contributed by atoms with van der Waals surface area (Å²) in [6.45, 7) is 0. The summed E-state index contributed by atoms with van der Waals surface area (Å²) in [6.07, 6.45) is 3.98. The molecule has 0 radical (unpaired) electrons. The van der Waals surface area contributed by atoms with E-state index in [0.717, 1.165) is 25.7 Å². The Morgan fingerprint density at radius 3 is 2.50 bits per heavy atom. The molecule has 7 heteroatoms. The highest BCUT2D eigenvalue weighted by atomic mass is 35.5. The van der Waals surface area contributed by atoms with Crippen LogP contribution < -0.4 is 10.6 Å². The van der Waals surface area contributed by atoms with Crippen LogP contribution >= 0.6 is 11.6 Å². The standard InChI is InChI=1S/C23H19ClN4O2/c24-15-7-5-6-14(12-15)22(29)28-21-18-11-4-3-10-17(18)20(27-21)19(13-25)23(30)26-16-8-1-2-9-16/h3-7,10-12,16H,1-2,8-9H2,(H,26,30)(H,27,28,29)/b20-19-. The van der Waals surface area contributed by atoms with Gasteiger partial charge in [-0.05, 0) is 31.0 Å². The lowest BCUT2D eigenvalue weighted by Gasteiger charge is -2.11. The van der Waals surface area contributed by atoms with Crippen molar-refractivity contribution in [3.8, 4) is 6.07 Å². The molecule has 0 aromatic heterocycles. The van der Waals surface area contributed by atoms with E-state index in [1.165, 1.54) is 0 Å². The van der Waals surface area contributed by atoms with E-state index < -0.39 is 5.91 Å². The number of amidine groups is 1. The number of benzene rings is 2. The summed E-state index contributed by atoms with van der Waals surface area (Å²) in [7, 11) is 0. The van der Waals surface area contributed by atoms with Gasteiger partial charge >= 0.3 is 0 Å². The van der Waals surface area contributed by atoms with Crippen LogP contribution in [-0.2, 0) is 4.79 Å². The first-order valence-electron chi connectivity index (χ1n) is 9.77. The number of rotatable bonds is 3. The molecule has 2 N–H and O–H groups in total. The zero-order chi connectivity index (χ0) is 21.1. The molecule has 2 aliphatic rings. The SMILES string of the molecule is N#C/C(C(=O)NC1CCCC1)=C1/N=C(NC(=O)c2cccc(Cl)c2)c2ccccc21. The number of amides is 2. The number of nitrogens with zero attached hydrogens (tertiary/aromatic N) is 2. The van der Waals surface area contributed by atoms with E-state index in [-0.39, 0.29) is 23.2 Å². The molecule has 4 rings (SSSR count). The number of carbonyl (C=O) groups excluding carboxylic acids is 2. The molecule has 0 bridgehead atoms. The van der Waals surface area contributed by atoms with Crippen molar-refractivity contribution >= 4 is 34.9 Å². The summed E-state index contributed by atoms with van der Waals surface area (Å²) >= 11 is 5.98. The molecule has 6 nitrogen and oxygen atoms in total. The zero-order valence-corrected chi connectivity index (χ0v) is 16.9. The average molecular weight is 419 g/mol. The molecule has 150 valence electrons. The summed E-state index contributed by atoms with van der Waals surface area (Å²) in [6, 6.07) is 15.9. The fraction of sp³-hybridized carbons (Fsp3) is 0.217. The van der Waals surface area contributed by atoms with Crippen LogP contribution in [0.1, 0.15) is 47.2 Å². The van der Waals surface area contributed by atoms with E-state index in [4.69, 9.17) is 11.6 Å². The van der Waals surface area contributed by atoms with Gasteiger partial charge in [0.25, 0.3) is 11.8 Å². The highest BCUT2D eigenvalue weighted by molar-refractivity contribution is 6.31. The fourth-order valence-electron chi connectivity index (χ4n) is 3.76. The van der Waals surface area contributed by atoms with Crippen molar-refractivity contribution < 1.29 is 9.59 Å². The van der Waals surface area contributed by atoms with E-state index >= 15 is 0 Å². The van der Waals surface area contributed by atoms with Gasteiger partial charge in [-0.25, -0.2) is 4.99 Å². The normalized spacial score (nSPS) is 17.0. The van der Waals surface area contributed by atoms with E-state index in [9.17, 15) is 14.9 Å². The third-order valence-electron chi connectivity index (χ3n) is 5.25. The molecule has 30 heavy (non-hydrogen) atoms. The van der Waals surface area contributed by atoms with E-state index in [0.29, 0.717) is 27.5 Å². The fourth-order valence-corrected chi connectivity index (χ4v) is 3.95. The van der Waals surface area contributed by atoms with Crippen LogP contribution in [0.2, 0.25) is 5.02 Å². The number of halogens is 1. The van der Waals surface area contributed by atoms with Crippen molar-refractivity contribution in [3.05, 3.63) is 75.8 Å². The Morgan fingerprint density at radius 1 is 1.07 bits per heavy atom. The third kappa shape index (κ3) is 3.98. The minimum Gasteiger partial charge on any atom is -0.349 e. The Balaban J connectivity index is 1.67. The minimum absolute atomic E-state index is 0.0543. The third-order valence-corrected chi connectivity index (χ3v) is 5.48. The molecule has 1 aliphatic carbocycles. The van der Waals surface area contributed by atoms with E-state index in [2.05, 4.69) is 15.6 Å². The Hall–Kier alpha value is -3.43. The first-order chi connectivity index (χ1) is 14.6. The van der Waals surface area contributed by atoms with Crippen molar-refractivity contribution in [3.63, 3.8) is 0 Å². The van der Waals surface area contributed by atoms with Crippen molar-refractivity contribution in [2.75, 3.05) is 0 Å². The average Bonchev–Trinajstić information content (AvgIpc) is 3.37. The zero-order valence-electron chi connectivity index (χ0n) is 16.1. The van der Waals surface area contributed by atoms with E-state index in [1.54, 1.807) is 42.5 Å². The Bertz CT molecular complexity index is 1120. The van der Waals surface area contributed by atoms with Crippen molar-refractivity contribution in [1.82, 2.24) is 10.6 Å². The van der Waals surface area contributed by atoms with Gasteiger partial charge in [-0.1, -0.05) is 54.8 Å². The quantitative estimate of drug-likeness (QED) is 0.586. The number of hydrogen-bond acceptors (Lipinski definition) is 4. The van der Waals surface area contributed by atoms with Gasteiger partial charge in [0.1, 0.15) is 17.5 Å². The number of nitrogens with one attached hydrogen (secondary N) is 2. The van der Waals surface area contributed by atoms with Crippen molar-refractivity contribution in [2.45, 2.75) is 31.7 Å². The lowest BCUT2D eigenvalue weighted by molar-refractivity contribution is -0.117. The van der Waals surface area contributed by atoms with Gasteiger partial charge in [0.2, 0.25) is 0 Å². The van der Waals surface area contributed by atoms with Crippen LogP contribution in [0.5, 0.6) is 0 Å². The van der Waals surface area contributed by atoms with E-state index in [1.807, 2.05) is 12.1 Å². The molecular formula is C23H19ClN4O2. The van der Waals surface area contributed by atoms with Gasteiger partial charge in [0.15, 0.2) is 0 Å². The first-order valence-corrected chi connectivity index (χ1v) is 10.1. The maximum absolute atomic E-state index is 12.8. The summed E-state index contributed by atoms with van der Waals surface area (Å²) in [5.74, 6) is -0.506. The molecule has 0 atom stereocenters. The van der Waals surface area contributed by atoms with Crippen molar-refractivity contribution in [1.29, 1.82) is 5.26 Å². The minimum atomic E-state index is -0.430. The largest absolute Gasteiger partial charge is 0.349 e. The smallest absolute Gasteiger partial charge is 0.264 e. The molecule has 1 fully saturated rings. The molecule has 1 heterocycles. The number of hydrogen-bond donors (Lipinski definition) is 2. The molecular weight excluding hydrogens is 400 g/mol. The predicted molar refractivity (Wildman–Crippen MR) is 115 cm³/mol. The van der Waals surface area contributed by atoms with Gasteiger partial charge in [-0.15, -0.1) is 0 Å². The number of carbonyl (C=O) groups is 2. The maximum atomic E-state index is 12.8. The Kier molecular flexibility index (Phi) is 5.64. The highest BCUT2D eigenvalue weighted by Gasteiger charge is 2.28. The van der Waals surface area contributed by atoms with Gasteiger partial charge in [-0.2, -0.15) is 5.26 Å². The first kappa shape index (κ1) is 19.9. The van der Waals surface area contributed by atoms with Gasteiger partial charge in [-0.3, -0.25) is 9.59 Å². The molecule has 0 saturated heterocycles. The summed E-state index contributed by atoms with van der Waals surface area (Å²) < 4.78 is 0. The molecule has 2 aromatic carbocycles. The second-order valence-electron chi connectivity index (χ2n) is 7.26. The van der Waals surface area contributed by atoms with Crippen LogP contribution in [0.4, 0.5) is 0 Å². The highest BCUT2D eigenvalue weighted by Crippen LogP contribution is 2.31. The monoisotopic (exact) mass is 418 g/mol. The number of aliphatic imine (C=N–C) groups is 1. The van der Waals surface area contributed by atoms with Crippen LogP contribution in [0, 0.1) is 11.3 Å². The van der Waals surface area contributed by atoms with Gasteiger partial charge < -0.3 is 10.6 Å². The van der Waals surface area contributed by atoms with Crippen LogP contribution in [0.3, 0.4) is 0 Å².